The third kappa shape index (κ3) is 5.01. The average Bonchev–Trinajstić information content (AvgIpc) is 3.77. The van der Waals surface area contributed by atoms with Gasteiger partial charge in [-0.15, -0.1) is 4.94 Å². The van der Waals surface area contributed by atoms with E-state index in [1.807, 2.05) is 29.4 Å². The summed E-state index contributed by atoms with van der Waals surface area (Å²) in [5.41, 5.74) is 11.4. The molecule has 0 radical (unpaired) electrons. The zero-order valence-electron chi connectivity index (χ0n) is 29.7. The van der Waals surface area contributed by atoms with Crippen molar-refractivity contribution in [1.29, 1.82) is 0 Å². The molecule has 2 aromatic heterocycles. The molecule has 0 fully saturated rings. The summed E-state index contributed by atoms with van der Waals surface area (Å²) in [5, 5.41) is 6.10. The summed E-state index contributed by atoms with van der Waals surface area (Å²) in [6, 6.07) is 69.2. The minimum Gasteiger partial charge on any atom is -0.294 e. The molecule has 5 heteroatoms. The van der Waals surface area contributed by atoms with E-state index >= 15 is 0 Å². The molecule has 10 rings (SSSR count). The Morgan fingerprint density at radius 2 is 1.07 bits per heavy atom. The van der Waals surface area contributed by atoms with Crippen molar-refractivity contribution >= 4 is 38.9 Å². The van der Waals surface area contributed by atoms with Crippen molar-refractivity contribution in [2.75, 3.05) is 17.2 Å². The van der Waals surface area contributed by atoms with Crippen LogP contribution in [0.1, 0.15) is 22.3 Å². The number of rotatable bonds is 7. The molecule has 7 aromatic carbocycles. The molecule has 1 aliphatic rings. The summed E-state index contributed by atoms with van der Waals surface area (Å²) < 4.78 is 2.32. The highest BCUT2D eigenvalue weighted by atomic mass is 16.8. The van der Waals surface area contributed by atoms with E-state index in [1.165, 1.54) is 21.9 Å². The van der Waals surface area contributed by atoms with Crippen molar-refractivity contribution in [2.24, 2.45) is 0 Å². The molecule has 0 aliphatic carbocycles. The van der Waals surface area contributed by atoms with Crippen LogP contribution in [-0.4, -0.2) is 16.6 Å². The molecule has 0 unspecified atom stereocenters. The molecule has 54 heavy (non-hydrogen) atoms. The SMILES string of the molecule is CN1ON(c2cccc(C(c3ccccc3)(c3ccccc3)c3ccc4c5ccccc5n(-c5cc(-c6ccccc6)ccn5)c4c3)c2)c2ccccc21. The van der Waals surface area contributed by atoms with E-state index in [4.69, 9.17) is 9.92 Å². The van der Waals surface area contributed by atoms with Gasteiger partial charge in [-0.1, -0.05) is 146 Å². The van der Waals surface area contributed by atoms with Gasteiger partial charge in [-0.2, -0.15) is 5.06 Å². The smallest absolute Gasteiger partial charge is 0.138 e. The van der Waals surface area contributed by atoms with Crippen molar-refractivity contribution in [1.82, 2.24) is 9.55 Å². The summed E-state index contributed by atoms with van der Waals surface area (Å²) in [7, 11) is 1.94. The van der Waals surface area contributed by atoms with Crippen molar-refractivity contribution < 1.29 is 4.94 Å². The number of para-hydroxylation sites is 3. The van der Waals surface area contributed by atoms with E-state index < -0.39 is 5.41 Å². The molecule has 1 aliphatic heterocycles. The van der Waals surface area contributed by atoms with Crippen molar-refractivity contribution in [2.45, 2.75) is 5.41 Å². The maximum atomic E-state index is 6.36. The molecule has 9 aromatic rings. The summed E-state index contributed by atoms with van der Waals surface area (Å²) >= 11 is 0. The highest BCUT2D eigenvalue weighted by Crippen LogP contribution is 2.49. The third-order valence-corrected chi connectivity index (χ3v) is 10.8. The van der Waals surface area contributed by atoms with E-state index in [2.05, 4.69) is 193 Å². The highest BCUT2D eigenvalue weighted by molar-refractivity contribution is 6.09. The van der Waals surface area contributed by atoms with E-state index in [0.717, 1.165) is 56.2 Å². The number of hydrogen-bond donors (Lipinski definition) is 0. The first-order valence-electron chi connectivity index (χ1n) is 18.3. The van der Waals surface area contributed by atoms with Crippen molar-refractivity contribution in [3.05, 3.63) is 223 Å². The van der Waals surface area contributed by atoms with Crippen LogP contribution in [0.2, 0.25) is 0 Å². The molecule has 3 heterocycles. The monoisotopic (exact) mass is 696 g/mol. The molecule has 258 valence electrons. The quantitative estimate of drug-likeness (QED) is 0.155. The predicted molar refractivity (Wildman–Crippen MR) is 220 cm³/mol. The maximum Gasteiger partial charge on any atom is 0.138 e. The number of benzene rings is 7. The van der Waals surface area contributed by atoms with E-state index in [1.54, 1.807) is 0 Å². The predicted octanol–water partition coefficient (Wildman–Crippen LogP) is 11.7. The Morgan fingerprint density at radius 3 is 1.83 bits per heavy atom. The minimum absolute atomic E-state index is 0.696. The Morgan fingerprint density at radius 1 is 0.463 bits per heavy atom. The second kappa shape index (κ2) is 12.9. The number of hydrogen-bond acceptors (Lipinski definition) is 4. The van der Waals surface area contributed by atoms with Crippen LogP contribution in [0.4, 0.5) is 17.1 Å². The summed E-state index contributed by atoms with van der Waals surface area (Å²) in [6.07, 6.45) is 1.92. The fraction of sp³-hybridized carbons (Fsp3) is 0.0408. The Hall–Kier alpha value is -6.95. The van der Waals surface area contributed by atoms with Crippen LogP contribution in [0.3, 0.4) is 0 Å². The van der Waals surface area contributed by atoms with Crippen LogP contribution < -0.4 is 10.1 Å². The lowest BCUT2D eigenvalue weighted by atomic mass is 9.65. The second-order valence-corrected chi connectivity index (χ2v) is 13.7. The summed E-state index contributed by atoms with van der Waals surface area (Å²) in [5.74, 6) is 0.876. The molecule has 0 bridgehead atoms. The second-order valence-electron chi connectivity index (χ2n) is 13.7. The van der Waals surface area contributed by atoms with Gasteiger partial charge >= 0.3 is 0 Å². The molecule has 0 saturated carbocycles. The molecule has 0 spiro atoms. The van der Waals surface area contributed by atoms with Crippen LogP contribution >= 0.6 is 0 Å². The Balaban J connectivity index is 1.25. The number of hydroxylamine groups is 1. The molecule has 0 N–H and O–H groups in total. The highest BCUT2D eigenvalue weighted by Gasteiger charge is 2.40. The van der Waals surface area contributed by atoms with Crippen LogP contribution in [0.25, 0.3) is 38.8 Å². The Bertz CT molecular complexity index is 2740. The summed E-state index contributed by atoms with van der Waals surface area (Å²) in [6.45, 7) is 0. The minimum atomic E-state index is -0.696. The van der Waals surface area contributed by atoms with Gasteiger partial charge in [0.15, 0.2) is 0 Å². The average molecular weight is 697 g/mol. The van der Waals surface area contributed by atoms with Gasteiger partial charge in [-0.05, 0) is 81.9 Å². The van der Waals surface area contributed by atoms with Gasteiger partial charge in [0.1, 0.15) is 5.82 Å². The Kier molecular flexibility index (Phi) is 7.60. The fourth-order valence-corrected chi connectivity index (χ4v) is 8.34. The first-order valence-corrected chi connectivity index (χ1v) is 18.3. The topological polar surface area (TPSA) is 33.5 Å². The number of anilines is 3. The van der Waals surface area contributed by atoms with E-state index in [9.17, 15) is 0 Å². The number of pyridine rings is 1. The van der Waals surface area contributed by atoms with Gasteiger partial charge in [0.25, 0.3) is 0 Å². The largest absolute Gasteiger partial charge is 0.294 e. The molecule has 0 atom stereocenters. The molecule has 5 nitrogen and oxygen atoms in total. The van der Waals surface area contributed by atoms with Gasteiger partial charge < -0.3 is 0 Å². The molecule has 0 amide bonds. The van der Waals surface area contributed by atoms with Crippen LogP contribution in [0, 0.1) is 0 Å². The van der Waals surface area contributed by atoms with Crippen LogP contribution in [0.15, 0.2) is 200 Å². The molecule has 0 saturated heterocycles. The van der Waals surface area contributed by atoms with Gasteiger partial charge in [0, 0.05) is 24.0 Å². The van der Waals surface area contributed by atoms with E-state index in [0.29, 0.717) is 0 Å². The van der Waals surface area contributed by atoms with Gasteiger partial charge in [0.2, 0.25) is 0 Å². The van der Waals surface area contributed by atoms with Crippen molar-refractivity contribution in [3.8, 4) is 16.9 Å². The Labute approximate surface area is 314 Å². The number of fused-ring (bicyclic) bond motifs is 4. The van der Waals surface area contributed by atoms with Crippen molar-refractivity contribution in [3.63, 3.8) is 0 Å². The third-order valence-electron chi connectivity index (χ3n) is 10.8. The van der Waals surface area contributed by atoms with Gasteiger partial charge in [-0.3, -0.25) is 4.57 Å². The standard InChI is InChI=1S/C49H36N4O/c1-51-45-26-13-14-27-46(45)53(54-51)41-23-15-22-39(33-41)49(37-18-7-3-8-19-37,38-20-9-4-10-21-38)40-28-29-43-42-24-11-12-25-44(42)52(47(43)34-40)48-32-36(30-31-50-48)35-16-5-2-6-17-35/h2-34H,1H3. The molecular weight excluding hydrogens is 661 g/mol. The summed E-state index contributed by atoms with van der Waals surface area (Å²) in [4.78, 5) is 11.4. The first kappa shape index (κ1) is 31.8. The zero-order chi connectivity index (χ0) is 36.1. The zero-order valence-corrected chi connectivity index (χ0v) is 29.7. The lowest BCUT2D eigenvalue weighted by Gasteiger charge is -2.37. The normalized spacial score (nSPS) is 12.8. The molecular formula is C49H36N4O. The van der Waals surface area contributed by atoms with Gasteiger partial charge in [-0.25, -0.2) is 10.0 Å². The first-order chi connectivity index (χ1) is 26.7. The van der Waals surface area contributed by atoms with Gasteiger partial charge in [0.05, 0.1) is 33.5 Å². The number of nitrogens with zero attached hydrogens (tertiary/aromatic N) is 4. The van der Waals surface area contributed by atoms with E-state index in [-0.39, 0.29) is 0 Å². The van der Waals surface area contributed by atoms with Crippen LogP contribution in [0.5, 0.6) is 0 Å². The lowest BCUT2D eigenvalue weighted by molar-refractivity contribution is 0.142. The maximum absolute atomic E-state index is 6.36. The van der Waals surface area contributed by atoms with Crippen LogP contribution in [-0.2, 0) is 10.4 Å². The fourth-order valence-electron chi connectivity index (χ4n) is 8.34. The number of aromatic nitrogens is 2. The lowest BCUT2D eigenvalue weighted by Crippen LogP contribution is -2.31.